The minimum absolute atomic E-state index is 0.0498. The van der Waals surface area contributed by atoms with Gasteiger partial charge in [0.2, 0.25) is 11.9 Å². The second-order valence-electron chi connectivity index (χ2n) is 7.40. The van der Waals surface area contributed by atoms with Gasteiger partial charge in [-0.1, -0.05) is 54.6 Å². The van der Waals surface area contributed by atoms with E-state index in [0.717, 1.165) is 5.56 Å². The van der Waals surface area contributed by atoms with Gasteiger partial charge in [0, 0.05) is 0 Å². The number of nitrogens with zero attached hydrogens (tertiary/aromatic N) is 4. The smallest absolute Gasteiger partial charge is 0.338 e. The Morgan fingerprint density at radius 2 is 1.46 bits per heavy atom. The number of nitrogen functional groups attached to an aromatic ring is 2. The average Bonchev–Trinajstić information content (AvgIpc) is 2.86. The normalized spacial score (nSPS) is 11.1. The maximum absolute atomic E-state index is 13.7. The highest BCUT2D eigenvalue weighted by atomic mass is 32.2. The number of rotatable bonds is 8. The summed E-state index contributed by atoms with van der Waals surface area (Å²) in [7, 11) is -4.03. The molecule has 0 bridgehead atoms. The Labute approximate surface area is 202 Å². The summed E-state index contributed by atoms with van der Waals surface area (Å²) in [5.41, 5.74) is 12.4. The van der Waals surface area contributed by atoms with Crippen LogP contribution in [0.4, 0.5) is 17.6 Å². The molecular formula is C24H22N6O4S. The molecule has 0 atom stereocenters. The first-order valence-corrected chi connectivity index (χ1v) is 11.9. The van der Waals surface area contributed by atoms with Gasteiger partial charge in [0.05, 0.1) is 22.7 Å². The number of benzene rings is 3. The van der Waals surface area contributed by atoms with Gasteiger partial charge in [-0.2, -0.15) is 15.0 Å². The SMILES string of the molecule is Nc1nc(N)nc(COC(=O)c2cccc(S(=O)(=O)N(Cc3ccccc3)c3ccccc3)c2)n1. The van der Waals surface area contributed by atoms with E-state index in [1.807, 2.05) is 30.3 Å². The van der Waals surface area contributed by atoms with E-state index >= 15 is 0 Å². The Morgan fingerprint density at radius 1 is 0.829 bits per heavy atom. The zero-order valence-electron chi connectivity index (χ0n) is 18.5. The second-order valence-corrected chi connectivity index (χ2v) is 9.27. The predicted molar refractivity (Wildman–Crippen MR) is 130 cm³/mol. The van der Waals surface area contributed by atoms with Gasteiger partial charge in [-0.05, 0) is 35.9 Å². The molecule has 3 aromatic carbocycles. The Hall–Kier alpha value is -4.51. The van der Waals surface area contributed by atoms with E-state index in [4.69, 9.17) is 16.2 Å². The highest BCUT2D eigenvalue weighted by Gasteiger charge is 2.26. The van der Waals surface area contributed by atoms with Gasteiger partial charge in [0.25, 0.3) is 10.0 Å². The van der Waals surface area contributed by atoms with Crippen molar-refractivity contribution in [1.82, 2.24) is 15.0 Å². The van der Waals surface area contributed by atoms with Gasteiger partial charge in [-0.25, -0.2) is 13.2 Å². The second kappa shape index (κ2) is 10.2. The number of esters is 1. The maximum atomic E-state index is 13.7. The van der Waals surface area contributed by atoms with Gasteiger partial charge < -0.3 is 16.2 Å². The third-order valence-corrected chi connectivity index (χ3v) is 6.69. The molecule has 4 N–H and O–H groups in total. The first kappa shape index (κ1) is 23.6. The van der Waals surface area contributed by atoms with Crippen molar-refractivity contribution >= 4 is 33.6 Å². The number of sulfonamides is 1. The van der Waals surface area contributed by atoms with Crippen LogP contribution in [0.1, 0.15) is 21.7 Å². The topological polar surface area (TPSA) is 154 Å². The van der Waals surface area contributed by atoms with Crippen LogP contribution in [0, 0.1) is 0 Å². The first-order chi connectivity index (χ1) is 16.8. The lowest BCUT2D eigenvalue weighted by Gasteiger charge is -2.25. The van der Waals surface area contributed by atoms with Crippen LogP contribution in [0.2, 0.25) is 0 Å². The molecule has 0 amide bonds. The van der Waals surface area contributed by atoms with Gasteiger partial charge in [-0.15, -0.1) is 0 Å². The third kappa shape index (κ3) is 5.71. The molecule has 1 heterocycles. The molecule has 1 aromatic heterocycles. The van der Waals surface area contributed by atoms with Crippen LogP contribution in [-0.4, -0.2) is 29.3 Å². The van der Waals surface area contributed by atoms with E-state index in [1.54, 1.807) is 30.3 Å². The summed E-state index contributed by atoms with van der Waals surface area (Å²) < 4.78 is 33.9. The van der Waals surface area contributed by atoms with Crippen molar-refractivity contribution in [3.63, 3.8) is 0 Å². The monoisotopic (exact) mass is 490 g/mol. The Balaban J connectivity index is 1.60. The quantitative estimate of drug-likeness (QED) is 0.355. The van der Waals surface area contributed by atoms with Crippen LogP contribution in [0.5, 0.6) is 0 Å². The largest absolute Gasteiger partial charge is 0.454 e. The molecule has 0 aliphatic heterocycles. The molecule has 0 spiro atoms. The van der Waals surface area contributed by atoms with Crippen LogP contribution in [-0.2, 0) is 27.9 Å². The van der Waals surface area contributed by atoms with Crippen LogP contribution in [0.15, 0.2) is 89.8 Å². The zero-order chi connectivity index (χ0) is 24.8. The molecule has 0 aliphatic rings. The molecule has 4 aromatic rings. The number of hydrogen-bond acceptors (Lipinski definition) is 9. The zero-order valence-corrected chi connectivity index (χ0v) is 19.3. The van der Waals surface area contributed by atoms with Gasteiger partial charge in [0.15, 0.2) is 12.4 Å². The summed E-state index contributed by atoms with van der Waals surface area (Å²) in [4.78, 5) is 23.9. The van der Waals surface area contributed by atoms with Crippen molar-refractivity contribution < 1.29 is 17.9 Å². The Morgan fingerprint density at radius 3 is 2.11 bits per heavy atom. The molecule has 11 heteroatoms. The number of carbonyl (C=O) groups is 1. The van der Waals surface area contributed by atoms with E-state index in [0.29, 0.717) is 5.69 Å². The molecule has 0 saturated carbocycles. The summed E-state index contributed by atoms with van der Waals surface area (Å²) in [6, 6.07) is 23.6. The van der Waals surface area contributed by atoms with E-state index in [-0.39, 0.29) is 41.3 Å². The molecule has 0 aliphatic carbocycles. The molecule has 0 saturated heterocycles. The van der Waals surface area contributed by atoms with Crippen molar-refractivity contribution in [2.45, 2.75) is 18.0 Å². The van der Waals surface area contributed by atoms with Crippen LogP contribution < -0.4 is 15.8 Å². The standard InChI is InChI=1S/C24H22N6O4S/c25-23-27-21(28-24(26)29-23)16-34-22(31)18-10-7-13-20(14-18)35(32,33)30(19-11-5-2-6-12-19)15-17-8-3-1-4-9-17/h1-14H,15-16H2,(H4,25,26,27,28,29). The number of carbonyl (C=O) groups excluding carboxylic acids is 1. The number of ether oxygens (including phenoxy) is 1. The van der Waals surface area contributed by atoms with Crippen molar-refractivity contribution in [3.05, 3.63) is 102 Å². The third-order valence-electron chi connectivity index (χ3n) is 4.92. The lowest BCUT2D eigenvalue weighted by Crippen LogP contribution is -2.30. The summed E-state index contributed by atoms with van der Waals surface area (Å²) in [5, 5.41) is 0. The highest BCUT2D eigenvalue weighted by Crippen LogP contribution is 2.26. The van der Waals surface area contributed by atoms with Crippen LogP contribution in [0.3, 0.4) is 0 Å². The van der Waals surface area contributed by atoms with E-state index in [1.165, 1.54) is 28.6 Å². The fourth-order valence-electron chi connectivity index (χ4n) is 3.30. The van der Waals surface area contributed by atoms with Crippen molar-refractivity contribution in [1.29, 1.82) is 0 Å². The summed E-state index contributed by atoms with van der Waals surface area (Å²) >= 11 is 0. The number of hydrogen-bond donors (Lipinski definition) is 2. The number of anilines is 3. The van der Waals surface area contributed by atoms with Crippen LogP contribution >= 0.6 is 0 Å². The Kier molecular flexibility index (Phi) is 6.88. The lowest BCUT2D eigenvalue weighted by atomic mass is 10.2. The van der Waals surface area contributed by atoms with E-state index in [9.17, 15) is 13.2 Å². The van der Waals surface area contributed by atoms with E-state index < -0.39 is 16.0 Å². The predicted octanol–water partition coefficient (Wildman–Crippen LogP) is 2.79. The van der Waals surface area contributed by atoms with Crippen molar-refractivity contribution in [2.24, 2.45) is 0 Å². The molecule has 178 valence electrons. The highest BCUT2D eigenvalue weighted by molar-refractivity contribution is 7.92. The summed E-state index contributed by atoms with van der Waals surface area (Å²) in [6.45, 7) is -0.193. The summed E-state index contributed by atoms with van der Waals surface area (Å²) in [5.74, 6) is -0.883. The van der Waals surface area contributed by atoms with Crippen LogP contribution in [0.25, 0.3) is 0 Å². The van der Waals surface area contributed by atoms with Crippen molar-refractivity contribution in [3.8, 4) is 0 Å². The number of para-hydroxylation sites is 1. The van der Waals surface area contributed by atoms with Gasteiger partial charge in [0.1, 0.15) is 0 Å². The minimum atomic E-state index is -4.03. The fourth-order valence-corrected chi connectivity index (χ4v) is 4.80. The molecule has 0 unspecified atom stereocenters. The molecule has 35 heavy (non-hydrogen) atoms. The molecular weight excluding hydrogens is 468 g/mol. The molecule has 4 rings (SSSR count). The Bertz CT molecular complexity index is 1410. The maximum Gasteiger partial charge on any atom is 0.338 e. The van der Waals surface area contributed by atoms with Gasteiger partial charge in [-0.3, -0.25) is 4.31 Å². The molecule has 0 fully saturated rings. The number of nitrogens with two attached hydrogens (primary N) is 2. The number of aromatic nitrogens is 3. The van der Waals surface area contributed by atoms with Crippen molar-refractivity contribution in [2.75, 3.05) is 15.8 Å². The molecule has 10 nitrogen and oxygen atoms in total. The molecule has 0 radical (unpaired) electrons. The summed E-state index contributed by atoms with van der Waals surface area (Å²) in [6.07, 6.45) is 0. The first-order valence-electron chi connectivity index (χ1n) is 10.5. The minimum Gasteiger partial charge on any atom is -0.454 e. The van der Waals surface area contributed by atoms with E-state index in [2.05, 4.69) is 15.0 Å². The fraction of sp³-hybridized carbons (Fsp3) is 0.0833. The lowest BCUT2D eigenvalue weighted by molar-refractivity contribution is 0.0462. The van der Waals surface area contributed by atoms with Gasteiger partial charge >= 0.3 is 5.97 Å². The average molecular weight is 491 g/mol.